The van der Waals surface area contributed by atoms with Crippen LogP contribution in [0.3, 0.4) is 0 Å². The van der Waals surface area contributed by atoms with E-state index < -0.39 is 0 Å². The molecule has 0 aromatic heterocycles. The molecule has 2 fully saturated rings. The molecule has 3 N–H and O–H groups in total. The molecule has 2 aliphatic rings. The highest BCUT2D eigenvalue weighted by atomic mass is 16.3. The second kappa shape index (κ2) is 6.53. The molecule has 4 unspecified atom stereocenters. The third kappa shape index (κ3) is 3.48. The van der Waals surface area contributed by atoms with Crippen LogP contribution in [0.25, 0.3) is 0 Å². The van der Waals surface area contributed by atoms with E-state index in [9.17, 15) is 5.11 Å². The number of fused-ring (bicyclic) bond motifs is 1. The minimum atomic E-state index is 0.0837. The number of nitrogens with two attached hydrogens (primary N) is 1. The van der Waals surface area contributed by atoms with Gasteiger partial charge in [0.1, 0.15) is 0 Å². The highest BCUT2D eigenvalue weighted by Crippen LogP contribution is 2.27. The molecule has 19 heavy (non-hydrogen) atoms. The molecular formula is C15H31N3O. The highest BCUT2D eigenvalue weighted by Gasteiger charge is 2.38. The Morgan fingerprint density at radius 3 is 2.68 bits per heavy atom. The SMILES string of the molecule is CC(C)CC(N)C(CO)N1CC2CCCN2CC1C. The second-order valence-corrected chi connectivity index (χ2v) is 6.88. The van der Waals surface area contributed by atoms with Gasteiger partial charge in [0, 0.05) is 37.3 Å². The number of piperazine rings is 1. The van der Waals surface area contributed by atoms with Crippen LogP contribution < -0.4 is 5.73 Å². The van der Waals surface area contributed by atoms with E-state index in [1.54, 1.807) is 0 Å². The van der Waals surface area contributed by atoms with Crippen LogP contribution in [-0.4, -0.2) is 65.3 Å². The van der Waals surface area contributed by atoms with E-state index in [4.69, 9.17) is 5.73 Å². The highest BCUT2D eigenvalue weighted by molar-refractivity contribution is 4.95. The van der Waals surface area contributed by atoms with E-state index in [1.807, 2.05) is 0 Å². The van der Waals surface area contributed by atoms with Gasteiger partial charge in [-0.2, -0.15) is 0 Å². The van der Waals surface area contributed by atoms with E-state index in [0.717, 1.165) is 19.5 Å². The Kier molecular flexibility index (Phi) is 5.23. The summed E-state index contributed by atoms with van der Waals surface area (Å²) >= 11 is 0. The first-order chi connectivity index (χ1) is 9.02. The summed E-state index contributed by atoms with van der Waals surface area (Å²) in [5.74, 6) is 0.590. The minimum Gasteiger partial charge on any atom is -0.395 e. The molecule has 0 radical (unpaired) electrons. The van der Waals surface area contributed by atoms with Crippen LogP contribution >= 0.6 is 0 Å². The Morgan fingerprint density at radius 2 is 2.05 bits per heavy atom. The monoisotopic (exact) mass is 269 g/mol. The summed E-state index contributed by atoms with van der Waals surface area (Å²) < 4.78 is 0. The lowest BCUT2D eigenvalue weighted by atomic mass is 9.95. The Balaban J connectivity index is 2.00. The fourth-order valence-electron chi connectivity index (χ4n) is 3.86. The van der Waals surface area contributed by atoms with Crippen molar-refractivity contribution < 1.29 is 5.11 Å². The van der Waals surface area contributed by atoms with Gasteiger partial charge in [0.25, 0.3) is 0 Å². The number of hydrogen-bond acceptors (Lipinski definition) is 4. The summed E-state index contributed by atoms with van der Waals surface area (Å²) in [7, 11) is 0. The summed E-state index contributed by atoms with van der Waals surface area (Å²) in [6.07, 6.45) is 3.62. The summed E-state index contributed by atoms with van der Waals surface area (Å²) in [5.41, 5.74) is 6.34. The zero-order chi connectivity index (χ0) is 14.0. The van der Waals surface area contributed by atoms with Crippen molar-refractivity contribution in [2.45, 2.75) is 64.2 Å². The van der Waals surface area contributed by atoms with Crippen molar-refractivity contribution >= 4 is 0 Å². The predicted molar refractivity (Wildman–Crippen MR) is 79.1 cm³/mol. The number of aliphatic hydroxyl groups is 1. The van der Waals surface area contributed by atoms with Gasteiger partial charge < -0.3 is 10.8 Å². The van der Waals surface area contributed by atoms with Gasteiger partial charge in [-0.15, -0.1) is 0 Å². The van der Waals surface area contributed by atoms with Gasteiger partial charge in [0.05, 0.1) is 6.61 Å². The summed E-state index contributed by atoms with van der Waals surface area (Å²) in [6.45, 7) is 10.3. The maximum atomic E-state index is 9.78. The molecule has 4 nitrogen and oxygen atoms in total. The van der Waals surface area contributed by atoms with E-state index in [-0.39, 0.29) is 18.7 Å². The maximum absolute atomic E-state index is 9.78. The molecular weight excluding hydrogens is 238 g/mol. The first-order valence-electron chi connectivity index (χ1n) is 7.89. The summed E-state index contributed by atoms with van der Waals surface area (Å²) in [6, 6.07) is 1.40. The largest absolute Gasteiger partial charge is 0.395 e. The van der Waals surface area contributed by atoms with E-state index in [2.05, 4.69) is 30.6 Å². The lowest BCUT2D eigenvalue weighted by Crippen LogP contribution is -2.62. The topological polar surface area (TPSA) is 52.7 Å². The molecule has 0 amide bonds. The van der Waals surface area contributed by atoms with Crippen LogP contribution in [0.1, 0.15) is 40.0 Å². The third-order valence-corrected chi connectivity index (χ3v) is 4.84. The molecule has 112 valence electrons. The van der Waals surface area contributed by atoms with Crippen LogP contribution in [0.15, 0.2) is 0 Å². The quantitative estimate of drug-likeness (QED) is 0.778. The maximum Gasteiger partial charge on any atom is 0.0602 e. The molecule has 0 saturated carbocycles. The molecule has 2 saturated heterocycles. The molecule has 4 heteroatoms. The van der Waals surface area contributed by atoms with Gasteiger partial charge in [-0.3, -0.25) is 9.80 Å². The van der Waals surface area contributed by atoms with E-state index in [1.165, 1.54) is 19.4 Å². The van der Waals surface area contributed by atoms with Gasteiger partial charge in [0.2, 0.25) is 0 Å². The summed E-state index contributed by atoms with van der Waals surface area (Å²) in [5, 5.41) is 9.78. The van der Waals surface area contributed by atoms with Gasteiger partial charge in [-0.05, 0) is 38.6 Å². The van der Waals surface area contributed by atoms with Gasteiger partial charge in [-0.25, -0.2) is 0 Å². The number of hydrogen-bond donors (Lipinski definition) is 2. The molecule has 2 heterocycles. The molecule has 0 aromatic carbocycles. The lowest BCUT2D eigenvalue weighted by Gasteiger charge is -2.47. The van der Waals surface area contributed by atoms with Crippen molar-refractivity contribution in [1.29, 1.82) is 0 Å². The van der Waals surface area contributed by atoms with Crippen molar-refractivity contribution in [2.75, 3.05) is 26.2 Å². The Bertz CT molecular complexity index is 285. The van der Waals surface area contributed by atoms with Crippen LogP contribution in [0.5, 0.6) is 0 Å². The zero-order valence-electron chi connectivity index (χ0n) is 12.8. The van der Waals surface area contributed by atoms with Crippen molar-refractivity contribution in [3.05, 3.63) is 0 Å². The minimum absolute atomic E-state index is 0.0837. The molecule has 0 aromatic rings. The second-order valence-electron chi connectivity index (χ2n) is 6.88. The molecule has 0 bridgehead atoms. The first-order valence-corrected chi connectivity index (χ1v) is 7.89. The van der Waals surface area contributed by atoms with E-state index in [0.29, 0.717) is 18.0 Å². The normalized spacial score (nSPS) is 32.5. The predicted octanol–water partition coefficient (Wildman–Crippen LogP) is 0.889. The average molecular weight is 269 g/mol. The van der Waals surface area contributed by atoms with Gasteiger partial charge >= 0.3 is 0 Å². The van der Waals surface area contributed by atoms with Crippen LogP contribution in [0.4, 0.5) is 0 Å². The molecule has 0 spiro atoms. The zero-order valence-corrected chi connectivity index (χ0v) is 12.8. The third-order valence-electron chi connectivity index (χ3n) is 4.84. The summed E-state index contributed by atoms with van der Waals surface area (Å²) in [4.78, 5) is 5.09. The Morgan fingerprint density at radius 1 is 1.32 bits per heavy atom. The fraction of sp³-hybridized carbons (Fsp3) is 1.00. The van der Waals surface area contributed by atoms with Crippen LogP contribution in [0, 0.1) is 5.92 Å². The van der Waals surface area contributed by atoms with Crippen molar-refractivity contribution in [3.63, 3.8) is 0 Å². The Labute approximate surface area is 117 Å². The number of rotatable bonds is 5. The number of aliphatic hydroxyl groups excluding tert-OH is 1. The van der Waals surface area contributed by atoms with Crippen molar-refractivity contribution in [2.24, 2.45) is 11.7 Å². The Hall–Kier alpha value is -0.160. The lowest BCUT2D eigenvalue weighted by molar-refractivity contribution is -0.00237. The van der Waals surface area contributed by atoms with Crippen LogP contribution in [-0.2, 0) is 0 Å². The fourth-order valence-corrected chi connectivity index (χ4v) is 3.86. The van der Waals surface area contributed by atoms with Crippen LogP contribution in [0.2, 0.25) is 0 Å². The first kappa shape index (κ1) is 15.2. The van der Waals surface area contributed by atoms with Gasteiger partial charge in [0.15, 0.2) is 0 Å². The molecule has 4 atom stereocenters. The smallest absolute Gasteiger partial charge is 0.0602 e. The van der Waals surface area contributed by atoms with Crippen molar-refractivity contribution in [3.8, 4) is 0 Å². The average Bonchev–Trinajstić information content (AvgIpc) is 2.76. The standard InChI is InChI=1S/C15H31N3O/c1-11(2)7-14(16)15(10-19)18-9-13-5-4-6-17(13)8-12(18)3/h11-15,19H,4-10,16H2,1-3H3. The molecule has 2 rings (SSSR count). The van der Waals surface area contributed by atoms with Crippen molar-refractivity contribution in [1.82, 2.24) is 9.80 Å². The molecule has 2 aliphatic heterocycles. The number of nitrogens with zero attached hydrogens (tertiary/aromatic N) is 2. The van der Waals surface area contributed by atoms with E-state index >= 15 is 0 Å². The molecule has 0 aliphatic carbocycles. The van der Waals surface area contributed by atoms with Gasteiger partial charge in [-0.1, -0.05) is 13.8 Å².